The molecule has 0 aromatic rings. The molecule has 118 valence electrons. The molecule has 2 rings (SSSR count). The summed E-state index contributed by atoms with van der Waals surface area (Å²) in [5.74, 6) is 0.585. The minimum atomic E-state index is -4.04. The summed E-state index contributed by atoms with van der Waals surface area (Å²) in [6.07, 6.45) is 2.42. The van der Waals surface area contributed by atoms with Crippen molar-refractivity contribution in [2.45, 2.75) is 70.1 Å². The molecular formula is C15H27F3N2. The molecule has 20 heavy (non-hydrogen) atoms. The zero-order chi connectivity index (χ0) is 14.6. The molecule has 1 saturated heterocycles. The topological polar surface area (TPSA) is 15.3 Å². The van der Waals surface area contributed by atoms with Crippen LogP contribution in [0.4, 0.5) is 13.2 Å². The highest BCUT2D eigenvalue weighted by molar-refractivity contribution is 4.90. The maximum absolute atomic E-state index is 12.5. The van der Waals surface area contributed by atoms with Crippen LogP contribution in [0.2, 0.25) is 0 Å². The summed E-state index contributed by atoms with van der Waals surface area (Å²) in [7, 11) is 0. The number of alkyl halides is 3. The summed E-state index contributed by atoms with van der Waals surface area (Å²) in [6, 6.07) is 0.656. The Balaban J connectivity index is 1.95. The maximum atomic E-state index is 12.5. The second-order valence-electron chi connectivity index (χ2n) is 6.34. The van der Waals surface area contributed by atoms with Crippen LogP contribution in [0, 0.1) is 5.92 Å². The third-order valence-corrected chi connectivity index (χ3v) is 4.91. The van der Waals surface area contributed by atoms with Crippen molar-refractivity contribution in [3.05, 3.63) is 0 Å². The van der Waals surface area contributed by atoms with Crippen molar-refractivity contribution in [1.29, 1.82) is 0 Å². The molecule has 2 aliphatic rings. The van der Waals surface area contributed by atoms with Gasteiger partial charge in [-0.2, -0.15) is 13.2 Å². The molecule has 0 aromatic heterocycles. The van der Waals surface area contributed by atoms with E-state index in [2.05, 4.69) is 17.1 Å². The molecule has 2 atom stereocenters. The van der Waals surface area contributed by atoms with E-state index in [1.54, 1.807) is 0 Å². The molecule has 1 aliphatic heterocycles. The molecule has 2 nitrogen and oxygen atoms in total. The summed E-state index contributed by atoms with van der Waals surface area (Å²) in [5.41, 5.74) is 0. The zero-order valence-corrected chi connectivity index (χ0v) is 12.4. The van der Waals surface area contributed by atoms with Crippen LogP contribution in [0.3, 0.4) is 0 Å². The van der Waals surface area contributed by atoms with Gasteiger partial charge in [-0.3, -0.25) is 4.90 Å². The first kappa shape index (κ1) is 16.1. The number of hydrogen-bond donors (Lipinski definition) is 1. The lowest BCUT2D eigenvalue weighted by Crippen LogP contribution is -2.59. The van der Waals surface area contributed by atoms with Crippen LogP contribution in [-0.2, 0) is 0 Å². The molecule has 2 unspecified atom stereocenters. The number of piperazine rings is 1. The van der Waals surface area contributed by atoms with Gasteiger partial charge in [-0.25, -0.2) is 0 Å². The minimum absolute atomic E-state index is 0.169. The van der Waals surface area contributed by atoms with Gasteiger partial charge < -0.3 is 5.32 Å². The highest BCUT2D eigenvalue weighted by Crippen LogP contribution is 2.31. The van der Waals surface area contributed by atoms with Gasteiger partial charge in [0.2, 0.25) is 0 Å². The van der Waals surface area contributed by atoms with Crippen molar-refractivity contribution < 1.29 is 13.2 Å². The minimum Gasteiger partial charge on any atom is -0.311 e. The lowest BCUT2D eigenvalue weighted by atomic mass is 9.82. The second kappa shape index (κ2) is 7.12. The Bertz CT molecular complexity index is 287. The van der Waals surface area contributed by atoms with Gasteiger partial charge in [-0.05, 0) is 25.2 Å². The first-order chi connectivity index (χ1) is 9.49. The molecule has 5 heteroatoms. The van der Waals surface area contributed by atoms with E-state index in [0.29, 0.717) is 18.0 Å². The van der Waals surface area contributed by atoms with Crippen LogP contribution >= 0.6 is 0 Å². The Kier molecular flexibility index (Phi) is 5.73. The van der Waals surface area contributed by atoms with Crippen LogP contribution in [0.1, 0.15) is 51.9 Å². The zero-order valence-electron chi connectivity index (χ0n) is 12.4. The Morgan fingerprint density at radius 2 is 1.85 bits per heavy atom. The molecule has 0 spiro atoms. The Morgan fingerprint density at radius 3 is 2.45 bits per heavy atom. The quantitative estimate of drug-likeness (QED) is 0.852. The lowest BCUT2D eigenvalue weighted by Gasteiger charge is -2.45. The number of halogens is 3. The summed E-state index contributed by atoms with van der Waals surface area (Å²) in [5, 5.41) is 3.52. The van der Waals surface area contributed by atoms with Gasteiger partial charge in [-0.15, -0.1) is 0 Å². The number of hydrogen-bond acceptors (Lipinski definition) is 2. The molecule has 1 N–H and O–H groups in total. The van der Waals surface area contributed by atoms with Gasteiger partial charge in [0.25, 0.3) is 0 Å². The van der Waals surface area contributed by atoms with Crippen LogP contribution in [0.5, 0.6) is 0 Å². The highest BCUT2D eigenvalue weighted by Gasteiger charge is 2.36. The average Bonchev–Trinajstić information content (AvgIpc) is 2.45. The predicted molar refractivity (Wildman–Crippen MR) is 74.7 cm³/mol. The van der Waals surface area contributed by atoms with Crippen molar-refractivity contribution in [1.82, 2.24) is 10.2 Å². The fourth-order valence-electron chi connectivity index (χ4n) is 3.68. The fourth-order valence-corrected chi connectivity index (χ4v) is 3.68. The second-order valence-corrected chi connectivity index (χ2v) is 6.34. The van der Waals surface area contributed by atoms with Gasteiger partial charge in [-0.1, -0.05) is 26.2 Å². The predicted octanol–water partition coefficient (Wildman–Crippen LogP) is 3.57. The number of rotatable bonds is 4. The number of nitrogens with one attached hydrogen (secondary N) is 1. The third-order valence-electron chi connectivity index (χ3n) is 4.91. The van der Waals surface area contributed by atoms with Gasteiger partial charge in [0.1, 0.15) is 0 Å². The molecule has 1 heterocycles. The van der Waals surface area contributed by atoms with E-state index < -0.39 is 12.6 Å². The van der Waals surface area contributed by atoms with Gasteiger partial charge in [0.05, 0.1) is 6.42 Å². The van der Waals surface area contributed by atoms with Crippen molar-refractivity contribution in [3.8, 4) is 0 Å². The van der Waals surface area contributed by atoms with E-state index in [-0.39, 0.29) is 6.54 Å². The SMILES string of the molecule is CCC1CN(CCC(F)(F)F)C(C2CCCCC2)CN1. The molecule has 0 aromatic carbocycles. The van der Waals surface area contributed by atoms with Crippen LogP contribution in [-0.4, -0.2) is 42.8 Å². The Labute approximate surface area is 120 Å². The van der Waals surface area contributed by atoms with E-state index in [4.69, 9.17) is 0 Å². The molecule has 0 radical (unpaired) electrons. The molecule has 1 saturated carbocycles. The highest BCUT2D eigenvalue weighted by atomic mass is 19.4. The van der Waals surface area contributed by atoms with Gasteiger partial charge in [0.15, 0.2) is 0 Å². The van der Waals surface area contributed by atoms with E-state index in [0.717, 1.165) is 19.5 Å². The standard InChI is InChI=1S/C15H27F3N2/c1-2-13-11-20(9-8-15(16,17)18)14(10-19-13)12-6-4-3-5-7-12/h12-14,19H,2-11H2,1H3. The Hall–Kier alpha value is -0.290. The van der Waals surface area contributed by atoms with Gasteiger partial charge >= 0.3 is 6.18 Å². The van der Waals surface area contributed by atoms with E-state index in [1.807, 2.05) is 0 Å². The fraction of sp³-hybridized carbons (Fsp3) is 1.00. The van der Waals surface area contributed by atoms with Crippen molar-refractivity contribution in [3.63, 3.8) is 0 Å². The van der Waals surface area contributed by atoms with Crippen molar-refractivity contribution in [2.75, 3.05) is 19.6 Å². The van der Waals surface area contributed by atoms with Crippen LogP contribution in [0.25, 0.3) is 0 Å². The van der Waals surface area contributed by atoms with E-state index in [9.17, 15) is 13.2 Å². The normalized spacial score (nSPS) is 30.6. The maximum Gasteiger partial charge on any atom is 0.390 e. The number of nitrogens with zero attached hydrogens (tertiary/aromatic N) is 1. The molecule has 1 aliphatic carbocycles. The molecule has 2 fully saturated rings. The van der Waals surface area contributed by atoms with Crippen molar-refractivity contribution in [2.24, 2.45) is 5.92 Å². The van der Waals surface area contributed by atoms with Crippen LogP contribution < -0.4 is 5.32 Å². The van der Waals surface area contributed by atoms with E-state index >= 15 is 0 Å². The lowest BCUT2D eigenvalue weighted by molar-refractivity contribution is -0.141. The van der Waals surface area contributed by atoms with Crippen LogP contribution in [0.15, 0.2) is 0 Å². The summed E-state index contributed by atoms with van der Waals surface area (Å²) >= 11 is 0. The largest absolute Gasteiger partial charge is 0.390 e. The first-order valence-electron chi connectivity index (χ1n) is 8.04. The van der Waals surface area contributed by atoms with E-state index in [1.165, 1.54) is 32.1 Å². The Morgan fingerprint density at radius 1 is 1.15 bits per heavy atom. The summed E-state index contributed by atoms with van der Waals surface area (Å²) in [6.45, 7) is 3.90. The molecule has 0 bridgehead atoms. The monoisotopic (exact) mass is 292 g/mol. The summed E-state index contributed by atoms with van der Waals surface area (Å²) < 4.78 is 37.6. The molecule has 0 amide bonds. The molecular weight excluding hydrogens is 265 g/mol. The summed E-state index contributed by atoms with van der Waals surface area (Å²) in [4.78, 5) is 2.12. The average molecular weight is 292 g/mol. The first-order valence-corrected chi connectivity index (χ1v) is 8.04. The van der Waals surface area contributed by atoms with Gasteiger partial charge in [0, 0.05) is 31.7 Å². The third kappa shape index (κ3) is 4.62. The smallest absolute Gasteiger partial charge is 0.311 e. The van der Waals surface area contributed by atoms with Crippen molar-refractivity contribution >= 4 is 0 Å².